The highest BCUT2D eigenvalue weighted by molar-refractivity contribution is 5.53. The maximum absolute atomic E-state index is 9.83. The van der Waals surface area contributed by atoms with Crippen molar-refractivity contribution in [2.24, 2.45) is 0 Å². The van der Waals surface area contributed by atoms with Gasteiger partial charge in [0.2, 0.25) is 0 Å². The summed E-state index contributed by atoms with van der Waals surface area (Å²) in [6.45, 7) is 8.19. The fourth-order valence-electron chi connectivity index (χ4n) is 2.34. The van der Waals surface area contributed by atoms with Gasteiger partial charge in [0.15, 0.2) is 0 Å². The predicted octanol–water partition coefficient (Wildman–Crippen LogP) is 4.53. The first-order valence-corrected chi connectivity index (χ1v) is 7.09. The predicted molar refractivity (Wildman–Crippen MR) is 85.0 cm³/mol. The molecule has 0 saturated carbocycles. The molecule has 0 spiro atoms. The fourth-order valence-corrected chi connectivity index (χ4v) is 2.34. The van der Waals surface area contributed by atoms with E-state index in [1.165, 1.54) is 16.7 Å². The number of aryl methyl sites for hydroxylation is 2. The van der Waals surface area contributed by atoms with Crippen LogP contribution in [0.2, 0.25) is 0 Å². The van der Waals surface area contributed by atoms with Crippen LogP contribution in [0.15, 0.2) is 42.5 Å². The van der Waals surface area contributed by atoms with Crippen molar-refractivity contribution in [3.05, 3.63) is 64.7 Å². The Kier molecular flexibility index (Phi) is 4.46. The van der Waals surface area contributed by atoms with Crippen molar-refractivity contribution in [3.63, 3.8) is 0 Å². The van der Waals surface area contributed by atoms with Crippen LogP contribution in [0, 0.1) is 13.8 Å². The lowest BCUT2D eigenvalue weighted by Gasteiger charge is -2.20. The first-order chi connectivity index (χ1) is 9.49. The second-order valence-corrected chi connectivity index (χ2v) is 5.47. The lowest BCUT2D eigenvalue weighted by atomic mass is 10.0. The van der Waals surface area contributed by atoms with Crippen LogP contribution in [0.4, 0.5) is 5.69 Å². The molecule has 0 aliphatic carbocycles. The molecule has 0 heterocycles. The van der Waals surface area contributed by atoms with Gasteiger partial charge in [0, 0.05) is 17.3 Å². The number of aliphatic hydroxyl groups excluding tert-OH is 1. The molecule has 0 aliphatic heterocycles. The lowest BCUT2D eigenvalue weighted by molar-refractivity contribution is 0.200. The number of para-hydroxylation sites is 1. The summed E-state index contributed by atoms with van der Waals surface area (Å²) in [6, 6.07) is 14.6. The van der Waals surface area contributed by atoms with Crippen LogP contribution >= 0.6 is 0 Å². The number of nitrogens with one attached hydrogen (secondary N) is 1. The summed E-state index contributed by atoms with van der Waals surface area (Å²) in [7, 11) is 0. The van der Waals surface area contributed by atoms with E-state index in [9.17, 15) is 5.11 Å². The van der Waals surface area contributed by atoms with Gasteiger partial charge in [-0.05, 0) is 50.5 Å². The Balaban J connectivity index is 2.23. The topological polar surface area (TPSA) is 32.3 Å². The Hall–Kier alpha value is -1.80. The van der Waals surface area contributed by atoms with E-state index in [4.69, 9.17) is 0 Å². The summed E-state index contributed by atoms with van der Waals surface area (Å²) in [5.74, 6) is 0. The van der Waals surface area contributed by atoms with E-state index in [0.717, 1.165) is 11.3 Å². The minimum absolute atomic E-state index is 0.203. The molecule has 0 saturated heterocycles. The standard InChI is InChI=1S/C18H23NO/c1-12-9-10-16(11-13(12)2)14(3)19-18-8-6-5-7-17(18)15(4)20/h5-11,14-15,19-20H,1-4H3. The van der Waals surface area contributed by atoms with Crippen molar-refractivity contribution in [2.75, 3.05) is 5.32 Å². The summed E-state index contributed by atoms with van der Waals surface area (Å²) in [5, 5.41) is 13.3. The van der Waals surface area contributed by atoms with Crippen molar-refractivity contribution in [1.29, 1.82) is 0 Å². The highest BCUT2D eigenvalue weighted by atomic mass is 16.3. The average molecular weight is 269 g/mol. The molecule has 2 heteroatoms. The van der Waals surface area contributed by atoms with Gasteiger partial charge in [-0.3, -0.25) is 0 Å². The molecule has 0 bridgehead atoms. The van der Waals surface area contributed by atoms with Gasteiger partial charge in [-0.25, -0.2) is 0 Å². The Morgan fingerprint density at radius 2 is 1.65 bits per heavy atom. The largest absolute Gasteiger partial charge is 0.389 e. The number of hydrogen-bond acceptors (Lipinski definition) is 2. The molecule has 106 valence electrons. The molecule has 2 aromatic rings. The van der Waals surface area contributed by atoms with Gasteiger partial charge < -0.3 is 10.4 Å². The Bertz CT molecular complexity index is 590. The van der Waals surface area contributed by atoms with E-state index in [0.29, 0.717) is 0 Å². The molecule has 2 rings (SSSR count). The van der Waals surface area contributed by atoms with Crippen LogP contribution in [-0.2, 0) is 0 Å². The molecule has 0 radical (unpaired) electrons. The number of aliphatic hydroxyl groups is 1. The van der Waals surface area contributed by atoms with E-state index >= 15 is 0 Å². The SMILES string of the molecule is Cc1ccc(C(C)Nc2ccccc2C(C)O)cc1C. The third kappa shape index (κ3) is 3.20. The zero-order chi connectivity index (χ0) is 14.7. The molecule has 2 atom stereocenters. The highest BCUT2D eigenvalue weighted by Gasteiger charge is 2.11. The van der Waals surface area contributed by atoms with Crippen LogP contribution in [0.25, 0.3) is 0 Å². The van der Waals surface area contributed by atoms with Crippen molar-refractivity contribution in [3.8, 4) is 0 Å². The van der Waals surface area contributed by atoms with Crippen LogP contribution in [0.3, 0.4) is 0 Å². The van der Waals surface area contributed by atoms with Gasteiger partial charge in [-0.1, -0.05) is 36.4 Å². The number of anilines is 1. The minimum atomic E-state index is -0.467. The Morgan fingerprint density at radius 1 is 0.950 bits per heavy atom. The van der Waals surface area contributed by atoms with Gasteiger partial charge in [0.25, 0.3) is 0 Å². The molecule has 0 amide bonds. The maximum atomic E-state index is 9.83. The summed E-state index contributed by atoms with van der Waals surface area (Å²) in [6.07, 6.45) is -0.467. The zero-order valence-electron chi connectivity index (χ0n) is 12.6. The van der Waals surface area contributed by atoms with Gasteiger partial charge in [-0.15, -0.1) is 0 Å². The first-order valence-electron chi connectivity index (χ1n) is 7.09. The van der Waals surface area contributed by atoms with Crippen molar-refractivity contribution in [1.82, 2.24) is 0 Å². The van der Waals surface area contributed by atoms with E-state index < -0.39 is 6.10 Å². The molecule has 2 aromatic carbocycles. The maximum Gasteiger partial charge on any atom is 0.0781 e. The minimum Gasteiger partial charge on any atom is -0.389 e. The van der Waals surface area contributed by atoms with E-state index in [1.807, 2.05) is 24.3 Å². The first kappa shape index (κ1) is 14.6. The van der Waals surface area contributed by atoms with Crippen molar-refractivity contribution < 1.29 is 5.11 Å². The summed E-state index contributed by atoms with van der Waals surface area (Å²) in [4.78, 5) is 0. The van der Waals surface area contributed by atoms with Crippen LogP contribution in [-0.4, -0.2) is 5.11 Å². The van der Waals surface area contributed by atoms with Gasteiger partial charge in [0.05, 0.1) is 6.10 Å². The smallest absolute Gasteiger partial charge is 0.0781 e. The molecule has 0 aliphatic rings. The molecular weight excluding hydrogens is 246 g/mol. The molecule has 2 N–H and O–H groups in total. The number of rotatable bonds is 4. The average Bonchev–Trinajstić information content (AvgIpc) is 2.42. The van der Waals surface area contributed by atoms with Gasteiger partial charge in [-0.2, -0.15) is 0 Å². The molecule has 0 aromatic heterocycles. The molecular formula is C18H23NO. The molecule has 2 unspecified atom stereocenters. The fraction of sp³-hybridized carbons (Fsp3) is 0.333. The number of hydrogen-bond donors (Lipinski definition) is 2. The van der Waals surface area contributed by atoms with Crippen LogP contribution in [0.1, 0.15) is 48.2 Å². The zero-order valence-corrected chi connectivity index (χ0v) is 12.6. The summed E-state index contributed by atoms with van der Waals surface area (Å²) < 4.78 is 0. The van der Waals surface area contributed by atoms with Crippen LogP contribution in [0.5, 0.6) is 0 Å². The van der Waals surface area contributed by atoms with E-state index in [2.05, 4.69) is 44.3 Å². The monoisotopic (exact) mass is 269 g/mol. The lowest BCUT2D eigenvalue weighted by Crippen LogP contribution is -2.09. The van der Waals surface area contributed by atoms with Gasteiger partial charge >= 0.3 is 0 Å². The van der Waals surface area contributed by atoms with Crippen LogP contribution < -0.4 is 5.32 Å². The summed E-state index contributed by atoms with van der Waals surface area (Å²) >= 11 is 0. The Morgan fingerprint density at radius 3 is 2.30 bits per heavy atom. The molecule has 20 heavy (non-hydrogen) atoms. The van der Waals surface area contributed by atoms with E-state index in [-0.39, 0.29) is 6.04 Å². The summed E-state index contributed by atoms with van der Waals surface area (Å²) in [5.41, 5.74) is 5.80. The molecule has 0 fully saturated rings. The third-order valence-electron chi connectivity index (χ3n) is 3.81. The molecule has 2 nitrogen and oxygen atoms in total. The normalized spacial score (nSPS) is 13.8. The van der Waals surface area contributed by atoms with Crippen molar-refractivity contribution >= 4 is 5.69 Å². The quantitative estimate of drug-likeness (QED) is 0.854. The Labute approximate surface area is 121 Å². The van der Waals surface area contributed by atoms with E-state index in [1.54, 1.807) is 6.92 Å². The number of benzene rings is 2. The third-order valence-corrected chi connectivity index (χ3v) is 3.81. The highest BCUT2D eigenvalue weighted by Crippen LogP contribution is 2.27. The van der Waals surface area contributed by atoms with Gasteiger partial charge in [0.1, 0.15) is 0 Å². The van der Waals surface area contributed by atoms with Crippen molar-refractivity contribution in [2.45, 2.75) is 39.8 Å². The second-order valence-electron chi connectivity index (χ2n) is 5.47. The second kappa shape index (κ2) is 6.10.